The van der Waals surface area contributed by atoms with Gasteiger partial charge in [0.05, 0.1) is 18.8 Å². The predicted octanol–water partition coefficient (Wildman–Crippen LogP) is 4.52. The highest BCUT2D eigenvalue weighted by atomic mass is 19.4. The van der Waals surface area contributed by atoms with Crippen molar-refractivity contribution in [3.8, 4) is 5.75 Å². The molecule has 3 aromatic rings. The molecule has 8 nitrogen and oxygen atoms in total. The maximum absolute atomic E-state index is 12.6. The van der Waals surface area contributed by atoms with Gasteiger partial charge in [0.1, 0.15) is 23.2 Å². The molecule has 178 valence electrons. The number of carbonyl (C=O) groups is 1. The Morgan fingerprint density at radius 1 is 1.03 bits per heavy atom. The van der Waals surface area contributed by atoms with Gasteiger partial charge in [0, 0.05) is 30.5 Å². The van der Waals surface area contributed by atoms with Crippen LogP contribution in [0.15, 0.2) is 54.6 Å². The SMILES string of the molecule is Cc1nc(Nc2ccc(NC(=O)c3ccccc3OC(F)(F)F)cc2)cc(N2CCOCC2)n1. The number of aromatic nitrogens is 2. The minimum atomic E-state index is -4.90. The van der Waals surface area contributed by atoms with Crippen LogP contribution in [-0.2, 0) is 4.74 Å². The molecule has 2 N–H and O–H groups in total. The fourth-order valence-corrected chi connectivity index (χ4v) is 3.42. The van der Waals surface area contributed by atoms with Crippen molar-refractivity contribution in [2.75, 3.05) is 41.8 Å². The van der Waals surface area contributed by atoms with Crippen molar-refractivity contribution in [3.63, 3.8) is 0 Å². The van der Waals surface area contributed by atoms with E-state index in [2.05, 4.69) is 30.2 Å². The molecule has 1 fully saturated rings. The molecule has 34 heavy (non-hydrogen) atoms. The zero-order valence-corrected chi connectivity index (χ0v) is 18.2. The molecule has 1 aliphatic rings. The van der Waals surface area contributed by atoms with Gasteiger partial charge in [-0.05, 0) is 43.3 Å². The van der Waals surface area contributed by atoms with Gasteiger partial charge in [-0.3, -0.25) is 4.79 Å². The summed E-state index contributed by atoms with van der Waals surface area (Å²) in [4.78, 5) is 23.6. The topological polar surface area (TPSA) is 88.6 Å². The van der Waals surface area contributed by atoms with Gasteiger partial charge in [0.15, 0.2) is 0 Å². The van der Waals surface area contributed by atoms with Crippen LogP contribution in [0.5, 0.6) is 5.75 Å². The number of rotatable bonds is 6. The Hall–Kier alpha value is -3.86. The van der Waals surface area contributed by atoms with Crippen LogP contribution in [0.25, 0.3) is 0 Å². The summed E-state index contributed by atoms with van der Waals surface area (Å²) < 4.78 is 47.2. The number of hydrogen-bond acceptors (Lipinski definition) is 7. The number of amides is 1. The lowest BCUT2D eigenvalue weighted by Gasteiger charge is -2.28. The second-order valence-electron chi connectivity index (χ2n) is 7.46. The van der Waals surface area contributed by atoms with Crippen LogP contribution in [0.1, 0.15) is 16.2 Å². The fraction of sp³-hybridized carbons (Fsp3) is 0.261. The van der Waals surface area contributed by atoms with Crippen molar-refractivity contribution in [1.29, 1.82) is 0 Å². The highest BCUT2D eigenvalue weighted by molar-refractivity contribution is 6.06. The minimum Gasteiger partial charge on any atom is -0.405 e. The standard InChI is InChI=1S/C23H22F3N5O3/c1-15-27-20(14-21(28-15)31-10-12-33-13-11-31)29-16-6-8-17(9-7-16)30-22(32)18-4-2-3-5-19(18)34-23(24,25)26/h2-9,14H,10-13H2,1H3,(H,30,32)(H,27,28,29). The van der Waals surface area contributed by atoms with Gasteiger partial charge < -0.3 is 25.0 Å². The van der Waals surface area contributed by atoms with Gasteiger partial charge in [-0.1, -0.05) is 12.1 Å². The number of aryl methyl sites for hydroxylation is 1. The first-order chi connectivity index (χ1) is 16.3. The minimum absolute atomic E-state index is 0.228. The number of ether oxygens (including phenoxy) is 2. The van der Waals surface area contributed by atoms with Crippen molar-refractivity contribution in [1.82, 2.24) is 9.97 Å². The largest absolute Gasteiger partial charge is 0.573 e. The van der Waals surface area contributed by atoms with Crippen LogP contribution in [0.3, 0.4) is 0 Å². The Morgan fingerprint density at radius 2 is 1.71 bits per heavy atom. The maximum atomic E-state index is 12.6. The van der Waals surface area contributed by atoms with E-state index in [1.165, 1.54) is 18.2 Å². The van der Waals surface area contributed by atoms with Crippen LogP contribution in [0.4, 0.5) is 36.2 Å². The lowest BCUT2D eigenvalue weighted by atomic mass is 10.2. The molecule has 0 saturated carbocycles. The first kappa shape index (κ1) is 23.3. The van der Waals surface area contributed by atoms with Crippen LogP contribution in [0, 0.1) is 6.92 Å². The third kappa shape index (κ3) is 6.13. The monoisotopic (exact) mass is 473 g/mol. The molecule has 1 saturated heterocycles. The van der Waals surface area contributed by atoms with Crippen LogP contribution < -0.4 is 20.3 Å². The van der Waals surface area contributed by atoms with Gasteiger partial charge in [0.2, 0.25) is 0 Å². The van der Waals surface area contributed by atoms with E-state index in [-0.39, 0.29) is 5.56 Å². The summed E-state index contributed by atoms with van der Waals surface area (Å²) in [6.45, 7) is 4.61. The number of anilines is 4. The molecule has 11 heteroatoms. The molecule has 0 spiro atoms. The lowest BCUT2D eigenvalue weighted by Crippen LogP contribution is -2.36. The van der Waals surface area contributed by atoms with Crippen LogP contribution >= 0.6 is 0 Å². The Labute approximate surface area is 193 Å². The van der Waals surface area contributed by atoms with Gasteiger partial charge >= 0.3 is 6.36 Å². The molecule has 0 atom stereocenters. The van der Waals surface area contributed by atoms with Crippen molar-refractivity contribution < 1.29 is 27.4 Å². The number of halogens is 3. The van der Waals surface area contributed by atoms with E-state index in [9.17, 15) is 18.0 Å². The third-order valence-electron chi connectivity index (χ3n) is 4.93. The Kier molecular flexibility index (Phi) is 6.82. The van der Waals surface area contributed by atoms with Crippen molar-refractivity contribution >= 4 is 28.9 Å². The Morgan fingerprint density at radius 3 is 2.41 bits per heavy atom. The predicted molar refractivity (Wildman–Crippen MR) is 121 cm³/mol. The summed E-state index contributed by atoms with van der Waals surface area (Å²) in [7, 11) is 0. The lowest BCUT2D eigenvalue weighted by molar-refractivity contribution is -0.274. The zero-order chi connectivity index (χ0) is 24.1. The van der Waals surface area contributed by atoms with Crippen molar-refractivity contribution in [2.45, 2.75) is 13.3 Å². The maximum Gasteiger partial charge on any atom is 0.573 e. The molecule has 1 aliphatic heterocycles. The van der Waals surface area contributed by atoms with Gasteiger partial charge in [-0.2, -0.15) is 0 Å². The molecule has 1 amide bonds. The number of alkyl halides is 3. The number of carbonyl (C=O) groups excluding carboxylic acids is 1. The average molecular weight is 473 g/mol. The molecule has 2 aromatic carbocycles. The number of nitrogens with zero attached hydrogens (tertiary/aromatic N) is 3. The molecule has 4 rings (SSSR count). The molecule has 0 bridgehead atoms. The van der Waals surface area contributed by atoms with E-state index < -0.39 is 18.0 Å². The summed E-state index contributed by atoms with van der Waals surface area (Å²) in [5, 5.41) is 5.78. The molecule has 0 unspecified atom stereocenters. The van der Waals surface area contributed by atoms with E-state index >= 15 is 0 Å². The number of morpholine rings is 1. The Bertz CT molecular complexity index is 1150. The van der Waals surface area contributed by atoms with Crippen molar-refractivity contribution in [2.24, 2.45) is 0 Å². The molecule has 2 heterocycles. The Balaban J connectivity index is 1.43. The number of nitrogens with one attached hydrogen (secondary N) is 2. The van der Waals surface area contributed by atoms with Crippen molar-refractivity contribution in [3.05, 3.63) is 66.0 Å². The van der Waals surface area contributed by atoms with Gasteiger partial charge in [-0.25, -0.2) is 9.97 Å². The molecule has 0 aliphatic carbocycles. The molecular formula is C23H22F3N5O3. The number of benzene rings is 2. The smallest absolute Gasteiger partial charge is 0.405 e. The highest BCUT2D eigenvalue weighted by Crippen LogP contribution is 2.27. The number of para-hydroxylation sites is 1. The van der Waals surface area contributed by atoms with E-state index in [1.807, 2.05) is 13.0 Å². The normalized spacial score (nSPS) is 13.9. The summed E-state index contributed by atoms with van der Waals surface area (Å²) in [5.74, 6) is 0.754. The molecule has 1 aromatic heterocycles. The molecule has 0 radical (unpaired) electrons. The van der Waals surface area contributed by atoms with Gasteiger partial charge in [-0.15, -0.1) is 13.2 Å². The highest BCUT2D eigenvalue weighted by Gasteiger charge is 2.32. The van der Waals surface area contributed by atoms with E-state index in [0.717, 1.165) is 25.0 Å². The second-order valence-corrected chi connectivity index (χ2v) is 7.46. The van der Waals surface area contributed by atoms with Crippen LogP contribution in [0.2, 0.25) is 0 Å². The summed E-state index contributed by atoms with van der Waals surface area (Å²) in [6.07, 6.45) is -4.90. The number of hydrogen-bond donors (Lipinski definition) is 2. The zero-order valence-electron chi connectivity index (χ0n) is 18.2. The van der Waals surface area contributed by atoms with Crippen LogP contribution in [-0.4, -0.2) is 48.5 Å². The van der Waals surface area contributed by atoms with Gasteiger partial charge in [0.25, 0.3) is 5.91 Å². The summed E-state index contributed by atoms with van der Waals surface area (Å²) in [5.41, 5.74) is 0.893. The van der Waals surface area contributed by atoms with E-state index in [1.54, 1.807) is 24.3 Å². The average Bonchev–Trinajstić information content (AvgIpc) is 2.80. The molecular weight excluding hydrogens is 451 g/mol. The first-order valence-electron chi connectivity index (χ1n) is 10.5. The first-order valence-corrected chi connectivity index (χ1v) is 10.5. The van der Waals surface area contributed by atoms with E-state index in [0.29, 0.717) is 36.2 Å². The summed E-state index contributed by atoms with van der Waals surface area (Å²) in [6, 6.07) is 13.7. The summed E-state index contributed by atoms with van der Waals surface area (Å²) >= 11 is 0. The quantitative estimate of drug-likeness (QED) is 0.544. The third-order valence-corrected chi connectivity index (χ3v) is 4.93. The second kappa shape index (κ2) is 9.96. The fourth-order valence-electron chi connectivity index (χ4n) is 3.42. The van der Waals surface area contributed by atoms with E-state index in [4.69, 9.17) is 4.74 Å².